The molecule has 0 radical (unpaired) electrons. The minimum atomic E-state index is -0.550. The van der Waals surface area contributed by atoms with Crippen LogP contribution < -0.4 is 0 Å². The molecule has 3 aromatic carbocycles. The van der Waals surface area contributed by atoms with Crippen LogP contribution in [0.25, 0.3) is 10.9 Å². The Morgan fingerprint density at radius 3 is 2.38 bits per heavy atom. The number of nitrogens with one attached hydrogen (secondary N) is 1. The molecule has 0 aliphatic heterocycles. The molecule has 148 valence electrons. The van der Waals surface area contributed by atoms with Crippen molar-refractivity contribution in [1.29, 1.82) is 0 Å². The highest BCUT2D eigenvalue weighted by molar-refractivity contribution is 7.97. The summed E-state index contributed by atoms with van der Waals surface area (Å²) in [6, 6.07) is 13.4. The highest BCUT2D eigenvalue weighted by Gasteiger charge is 2.24. The molecule has 4 rings (SSSR count). The lowest BCUT2D eigenvalue weighted by Gasteiger charge is -2.19. The lowest BCUT2D eigenvalue weighted by atomic mass is 9.84. The average molecular weight is 432 g/mol. The Balaban J connectivity index is 1.98. The predicted octanol–water partition coefficient (Wildman–Crippen LogP) is 7.28. The lowest BCUT2D eigenvalue weighted by molar-refractivity contribution is 0.606. The maximum Gasteiger partial charge on any atom is 0.128 e. The molecule has 1 aromatic heterocycles. The normalized spacial score (nSPS) is 12.4. The van der Waals surface area contributed by atoms with Gasteiger partial charge in [-0.1, -0.05) is 29.8 Å². The summed E-state index contributed by atoms with van der Waals surface area (Å²) in [6.07, 6.45) is 3.72. The van der Waals surface area contributed by atoms with Gasteiger partial charge in [-0.2, -0.15) is 11.8 Å². The molecule has 0 saturated carbocycles. The minimum Gasteiger partial charge on any atom is -0.361 e. The fourth-order valence-corrected chi connectivity index (χ4v) is 4.41. The Hall–Kier alpha value is -2.37. The molecule has 0 aliphatic rings. The summed E-state index contributed by atoms with van der Waals surface area (Å²) in [7, 11) is 0. The molecule has 29 heavy (non-hydrogen) atoms. The van der Waals surface area contributed by atoms with Crippen molar-refractivity contribution in [3.63, 3.8) is 0 Å². The Morgan fingerprint density at radius 2 is 1.69 bits per heavy atom. The summed E-state index contributed by atoms with van der Waals surface area (Å²) in [6.45, 7) is 0. The Morgan fingerprint density at radius 1 is 0.931 bits per heavy atom. The van der Waals surface area contributed by atoms with E-state index in [0.29, 0.717) is 22.3 Å². The Kier molecular flexibility index (Phi) is 5.61. The summed E-state index contributed by atoms with van der Waals surface area (Å²) in [5, 5.41) is 0.967. The van der Waals surface area contributed by atoms with Crippen molar-refractivity contribution in [2.75, 3.05) is 6.26 Å². The fraction of sp³-hybridized carbons (Fsp3) is 0.130. The van der Waals surface area contributed by atoms with E-state index in [1.54, 1.807) is 42.2 Å². The van der Waals surface area contributed by atoms with Crippen molar-refractivity contribution >= 4 is 34.3 Å². The van der Waals surface area contributed by atoms with E-state index in [1.165, 1.54) is 30.3 Å². The highest BCUT2D eigenvalue weighted by Crippen LogP contribution is 2.39. The van der Waals surface area contributed by atoms with Crippen LogP contribution in [0.5, 0.6) is 0 Å². The first-order valence-electron chi connectivity index (χ1n) is 8.96. The van der Waals surface area contributed by atoms with Gasteiger partial charge < -0.3 is 4.98 Å². The van der Waals surface area contributed by atoms with Gasteiger partial charge in [-0.15, -0.1) is 0 Å². The predicted molar refractivity (Wildman–Crippen MR) is 114 cm³/mol. The number of hydrogen-bond donors (Lipinski definition) is 1. The molecule has 1 unspecified atom stereocenters. The largest absolute Gasteiger partial charge is 0.361 e. The quantitative estimate of drug-likeness (QED) is 0.351. The molecule has 1 nitrogen and oxygen atoms in total. The van der Waals surface area contributed by atoms with E-state index in [2.05, 4.69) is 4.98 Å². The molecule has 0 aliphatic carbocycles. The third kappa shape index (κ3) is 3.89. The van der Waals surface area contributed by atoms with Gasteiger partial charge in [0, 0.05) is 33.8 Å². The van der Waals surface area contributed by atoms with Gasteiger partial charge in [0.15, 0.2) is 0 Å². The highest BCUT2D eigenvalue weighted by atomic mass is 35.5. The second kappa shape index (κ2) is 8.17. The summed E-state index contributed by atoms with van der Waals surface area (Å²) in [5.41, 5.74) is 3.46. The molecule has 0 fully saturated rings. The van der Waals surface area contributed by atoms with E-state index in [-0.39, 0.29) is 16.7 Å². The SMILES string of the molecule is CSCc1cc(F)cc2c(C(c3ccc(F)cc3)c3ccc(Cl)cc3F)c[nH]c12. The van der Waals surface area contributed by atoms with Crippen molar-refractivity contribution in [1.82, 2.24) is 4.98 Å². The van der Waals surface area contributed by atoms with Crippen LogP contribution >= 0.6 is 23.4 Å². The molecule has 0 bridgehead atoms. The Bertz CT molecular complexity index is 1170. The van der Waals surface area contributed by atoms with E-state index in [0.717, 1.165) is 16.6 Å². The van der Waals surface area contributed by atoms with Crippen molar-refractivity contribution < 1.29 is 13.2 Å². The molecule has 4 aromatic rings. The van der Waals surface area contributed by atoms with Gasteiger partial charge in [0.05, 0.1) is 0 Å². The molecule has 1 heterocycles. The molecular weight excluding hydrogens is 415 g/mol. The number of aromatic amines is 1. The first-order valence-corrected chi connectivity index (χ1v) is 10.7. The van der Waals surface area contributed by atoms with Crippen LogP contribution in [0.2, 0.25) is 5.02 Å². The fourth-order valence-electron chi connectivity index (χ4n) is 3.71. The van der Waals surface area contributed by atoms with Crippen LogP contribution in [0.15, 0.2) is 60.8 Å². The Labute approximate surface area is 175 Å². The van der Waals surface area contributed by atoms with E-state index in [9.17, 15) is 13.2 Å². The van der Waals surface area contributed by atoms with Gasteiger partial charge in [-0.05, 0) is 64.9 Å². The number of aromatic nitrogens is 1. The van der Waals surface area contributed by atoms with Crippen LogP contribution in [0, 0.1) is 17.5 Å². The van der Waals surface area contributed by atoms with E-state index in [1.807, 2.05) is 6.26 Å². The van der Waals surface area contributed by atoms with E-state index >= 15 is 0 Å². The summed E-state index contributed by atoms with van der Waals surface area (Å²) in [5.74, 6) is -1.11. The zero-order valence-corrected chi connectivity index (χ0v) is 17.1. The number of H-pyrrole nitrogens is 1. The van der Waals surface area contributed by atoms with Gasteiger partial charge in [-0.25, -0.2) is 13.2 Å². The van der Waals surface area contributed by atoms with Crippen molar-refractivity contribution in [3.05, 3.63) is 106 Å². The van der Waals surface area contributed by atoms with E-state index in [4.69, 9.17) is 11.6 Å². The van der Waals surface area contributed by atoms with Crippen LogP contribution in [0.3, 0.4) is 0 Å². The van der Waals surface area contributed by atoms with Gasteiger partial charge in [0.25, 0.3) is 0 Å². The molecule has 0 amide bonds. The van der Waals surface area contributed by atoms with E-state index < -0.39 is 11.7 Å². The van der Waals surface area contributed by atoms with Gasteiger partial charge in [0.2, 0.25) is 0 Å². The molecule has 0 saturated heterocycles. The third-order valence-corrected chi connectivity index (χ3v) is 5.79. The van der Waals surface area contributed by atoms with Crippen LogP contribution in [-0.2, 0) is 5.75 Å². The molecular formula is C23H17ClF3NS. The first kappa shape index (κ1) is 19.9. The molecule has 1 atom stereocenters. The van der Waals surface area contributed by atoms with Crippen molar-refractivity contribution in [2.24, 2.45) is 0 Å². The smallest absolute Gasteiger partial charge is 0.128 e. The lowest BCUT2D eigenvalue weighted by Crippen LogP contribution is -2.06. The number of halogens is 4. The summed E-state index contributed by atoms with van der Waals surface area (Å²) < 4.78 is 42.8. The van der Waals surface area contributed by atoms with Gasteiger partial charge in [-0.3, -0.25) is 0 Å². The third-order valence-electron chi connectivity index (χ3n) is 4.96. The van der Waals surface area contributed by atoms with Crippen LogP contribution in [-0.4, -0.2) is 11.2 Å². The number of rotatable bonds is 5. The number of benzene rings is 3. The topological polar surface area (TPSA) is 15.8 Å². The number of hydrogen-bond acceptors (Lipinski definition) is 1. The second-order valence-corrected chi connectivity index (χ2v) is 8.12. The molecule has 1 N–H and O–H groups in total. The zero-order valence-electron chi connectivity index (χ0n) is 15.5. The summed E-state index contributed by atoms with van der Waals surface area (Å²) in [4.78, 5) is 3.23. The average Bonchev–Trinajstić information content (AvgIpc) is 3.09. The van der Waals surface area contributed by atoms with Crippen LogP contribution in [0.1, 0.15) is 28.2 Å². The molecule has 0 spiro atoms. The zero-order chi connectivity index (χ0) is 20.5. The molecule has 6 heteroatoms. The minimum absolute atomic E-state index is 0.288. The number of thioether (sulfide) groups is 1. The maximum absolute atomic E-state index is 14.9. The standard InChI is InChI=1S/C23H17ClF3NS/c1-29-12-14-8-17(26)10-19-20(11-28-23(14)19)22(13-2-5-16(25)6-3-13)18-7-4-15(24)9-21(18)27/h2-11,22,28H,12H2,1H3. The van der Waals surface area contributed by atoms with Crippen molar-refractivity contribution in [2.45, 2.75) is 11.7 Å². The second-order valence-electron chi connectivity index (χ2n) is 6.81. The van der Waals surface area contributed by atoms with Crippen molar-refractivity contribution in [3.8, 4) is 0 Å². The first-order chi connectivity index (χ1) is 14.0. The van der Waals surface area contributed by atoms with Gasteiger partial charge >= 0.3 is 0 Å². The summed E-state index contributed by atoms with van der Waals surface area (Å²) >= 11 is 7.53. The maximum atomic E-state index is 14.9. The van der Waals surface area contributed by atoms with Gasteiger partial charge in [0.1, 0.15) is 17.5 Å². The van der Waals surface area contributed by atoms with Crippen LogP contribution in [0.4, 0.5) is 13.2 Å². The monoisotopic (exact) mass is 431 g/mol. The number of fused-ring (bicyclic) bond motifs is 1.